The lowest BCUT2D eigenvalue weighted by Gasteiger charge is -2.22. The summed E-state index contributed by atoms with van der Waals surface area (Å²) in [7, 11) is 3.77. The fourth-order valence-corrected chi connectivity index (χ4v) is 0.852. The van der Waals surface area contributed by atoms with Gasteiger partial charge in [0.05, 0.1) is 0 Å². The molecule has 0 fully saturated rings. The Bertz CT molecular complexity index is 155. The van der Waals surface area contributed by atoms with Gasteiger partial charge in [-0.05, 0) is 20.5 Å². The Balaban J connectivity index is 3.94. The van der Waals surface area contributed by atoms with Crippen LogP contribution in [0.3, 0.4) is 0 Å². The molecule has 3 heteroatoms. The van der Waals surface area contributed by atoms with Crippen LogP contribution in [-0.4, -0.2) is 31.2 Å². The zero-order valence-electron chi connectivity index (χ0n) is 8.04. The largest absolute Gasteiger partial charge is 0.443 e. The summed E-state index contributed by atoms with van der Waals surface area (Å²) >= 11 is 0. The Morgan fingerprint density at radius 2 is 2.25 bits per heavy atom. The van der Waals surface area contributed by atoms with Crippen LogP contribution in [0.4, 0.5) is 0 Å². The molecule has 70 valence electrons. The van der Waals surface area contributed by atoms with Crippen LogP contribution in [0.15, 0.2) is 12.7 Å². The Morgan fingerprint density at radius 1 is 1.67 bits per heavy atom. The molecule has 0 aliphatic rings. The molecule has 1 atom stereocenters. The monoisotopic (exact) mass is 171 g/mol. The van der Waals surface area contributed by atoms with Crippen molar-refractivity contribution in [3.8, 4) is 0 Å². The van der Waals surface area contributed by atoms with Crippen molar-refractivity contribution in [1.82, 2.24) is 4.90 Å². The highest BCUT2D eigenvalue weighted by Gasteiger charge is 2.12. The van der Waals surface area contributed by atoms with E-state index in [1.807, 2.05) is 19.0 Å². The highest BCUT2D eigenvalue weighted by molar-refractivity contribution is 5.81. The van der Waals surface area contributed by atoms with E-state index in [0.717, 1.165) is 12.8 Å². The number of esters is 1. The standard InChI is InChI=1S/C9H17NO2/c1-5-7-8(10(3)4)12-9(11)6-2/h6,8H,2,5,7H2,1,3-4H3. The fourth-order valence-electron chi connectivity index (χ4n) is 0.852. The topological polar surface area (TPSA) is 29.5 Å². The summed E-state index contributed by atoms with van der Waals surface area (Å²) in [5.41, 5.74) is 0. The predicted molar refractivity (Wildman–Crippen MR) is 48.7 cm³/mol. The fraction of sp³-hybridized carbons (Fsp3) is 0.667. The molecule has 0 aromatic heterocycles. The number of rotatable bonds is 5. The maximum atomic E-state index is 10.8. The third-order valence-corrected chi connectivity index (χ3v) is 1.53. The van der Waals surface area contributed by atoms with E-state index >= 15 is 0 Å². The van der Waals surface area contributed by atoms with Gasteiger partial charge < -0.3 is 4.74 Å². The molecule has 0 amide bonds. The van der Waals surface area contributed by atoms with Gasteiger partial charge in [0, 0.05) is 6.08 Å². The first kappa shape index (κ1) is 11.2. The molecular formula is C9H17NO2. The highest BCUT2D eigenvalue weighted by Crippen LogP contribution is 2.04. The minimum absolute atomic E-state index is 0.125. The van der Waals surface area contributed by atoms with Crippen molar-refractivity contribution in [1.29, 1.82) is 0 Å². The lowest BCUT2D eigenvalue weighted by molar-refractivity contribution is -0.151. The Labute approximate surface area is 74.0 Å². The molecule has 0 spiro atoms. The van der Waals surface area contributed by atoms with E-state index in [9.17, 15) is 4.79 Å². The lowest BCUT2D eigenvalue weighted by atomic mass is 10.3. The van der Waals surface area contributed by atoms with Gasteiger partial charge in [-0.2, -0.15) is 0 Å². The normalized spacial score (nSPS) is 12.7. The van der Waals surface area contributed by atoms with Crippen LogP contribution >= 0.6 is 0 Å². The van der Waals surface area contributed by atoms with Crippen LogP contribution in [0.25, 0.3) is 0 Å². The van der Waals surface area contributed by atoms with Crippen LogP contribution in [0, 0.1) is 0 Å². The molecule has 0 rings (SSSR count). The first-order valence-corrected chi connectivity index (χ1v) is 4.11. The molecule has 0 aromatic carbocycles. The molecule has 12 heavy (non-hydrogen) atoms. The summed E-state index contributed by atoms with van der Waals surface area (Å²) in [4.78, 5) is 12.7. The molecule has 0 bridgehead atoms. The molecular weight excluding hydrogens is 154 g/mol. The number of carbonyl (C=O) groups is 1. The third kappa shape index (κ3) is 4.13. The number of carbonyl (C=O) groups excluding carboxylic acids is 1. The number of nitrogens with zero attached hydrogens (tertiary/aromatic N) is 1. The maximum absolute atomic E-state index is 10.8. The first-order chi connectivity index (χ1) is 5.61. The van der Waals surface area contributed by atoms with E-state index in [0.29, 0.717) is 0 Å². The van der Waals surface area contributed by atoms with E-state index < -0.39 is 0 Å². The molecule has 0 heterocycles. The second kappa shape index (κ2) is 5.77. The SMILES string of the molecule is C=CC(=O)OC(CCC)N(C)C. The average Bonchev–Trinajstić information content (AvgIpc) is 2.03. The van der Waals surface area contributed by atoms with Gasteiger partial charge >= 0.3 is 5.97 Å². The molecule has 0 saturated heterocycles. The third-order valence-electron chi connectivity index (χ3n) is 1.53. The molecule has 3 nitrogen and oxygen atoms in total. The quantitative estimate of drug-likeness (QED) is 0.356. The van der Waals surface area contributed by atoms with Gasteiger partial charge in [0.25, 0.3) is 0 Å². The summed E-state index contributed by atoms with van der Waals surface area (Å²) in [6.07, 6.45) is 2.91. The highest BCUT2D eigenvalue weighted by atomic mass is 16.6. The number of hydrogen-bond donors (Lipinski definition) is 0. The molecule has 0 aliphatic carbocycles. The summed E-state index contributed by atoms with van der Waals surface area (Å²) in [6.45, 7) is 5.39. The van der Waals surface area contributed by atoms with Crippen LogP contribution < -0.4 is 0 Å². The Kier molecular flexibility index (Phi) is 5.37. The van der Waals surface area contributed by atoms with E-state index in [1.165, 1.54) is 6.08 Å². The van der Waals surface area contributed by atoms with Crippen molar-refractivity contribution in [2.75, 3.05) is 14.1 Å². The zero-order valence-corrected chi connectivity index (χ0v) is 8.04. The van der Waals surface area contributed by atoms with Gasteiger partial charge in [0.15, 0.2) is 6.23 Å². The van der Waals surface area contributed by atoms with Crippen molar-refractivity contribution < 1.29 is 9.53 Å². The average molecular weight is 171 g/mol. The second-order valence-corrected chi connectivity index (χ2v) is 2.85. The van der Waals surface area contributed by atoms with Gasteiger partial charge in [-0.3, -0.25) is 4.90 Å². The molecule has 0 aliphatic heterocycles. The van der Waals surface area contributed by atoms with Gasteiger partial charge in [-0.1, -0.05) is 19.9 Å². The second-order valence-electron chi connectivity index (χ2n) is 2.85. The zero-order chi connectivity index (χ0) is 9.56. The molecule has 0 aromatic rings. The minimum Gasteiger partial charge on any atom is -0.443 e. The van der Waals surface area contributed by atoms with Gasteiger partial charge in [0.2, 0.25) is 0 Å². The summed E-state index contributed by atoms with van der Waals surface area (Å²) in [6, 6.07) is 0. The summed E-state index contributed by atoms with van der Waals surface area (Å²) in [5, 5.41) is 0. The van der Waals surface area contributed by atoms with Crippen LogP contribution in [0.5, 0.6) is 0 Å². The predicted octanol–water partition coefficient (Wildman–Crippen LogP) is 1.40. The molecule has 0 N–H and O–H groups in total. The van der Waals surface area contributed by atoms with Gasteiger partial charge in [-0.25, -0.2) is 4.79 Å². The number of hydrogen-bond acceptors (Lipinski definition) is 3. The van der Waals surface area contributed by atoms with Crippen molar-refractivity contribution in [2.24, 2.45) is 0 Å². The molecule has 1 unspecified atom stereocenters. The summed E-state index contributed by atoms with van der Waals surface area (Å²) < 4.78 is 5.07. The van der Waals surface area contributed by atoms with E-state index in [2.05, 4.69) is 13.5 Å². The van der Waals surface area contributed by atoms with Gasteiger partial charge in [-0.15, -0.1) is 0 Å². The first-order valence-electron chi connectivity index (χ1n) is 4.11. The van der Waals surface area contributed by atoms with Crippen molar-refractivity contribution in [2.45, 2.75) is 26.0 Å². The summed E-state index contributed by atoms with van der Waals surface area (Å²) in [5.74, 6) is -0.359. The van der Waals surface area contributed by atoms with Crippen LogP contribution in [-0.2, 0) is 9.53 Å². The molecule has 0 radical (unpaired) electrons. The Morgan fingerprint density at radius 3 is 2.58 bits per heavy atom. The van der Waals surface area contributed by atoms with Crippen molar-refractivity contribution in [3.63, 3.8) is 0 Å². The van der Waals surface area contributed by atoms with Crippen LogP contribution in [0.1, 0.15) is 19.8 Å². The number of ether oxygens (including phenoxy) is 1. The van der Waals surface area contributed by atoms with Crippen molar-refractivity contribution in [3.05, 3.63) is 12.7 Å². The smallest absolute Gasteiger partial charge is 0.331 e. The van der Waals surface area contributed by atoms with E-state index in [4.69, 9.17) is 4.74 Å². The Hall–Kier alpha value is -0.830. The maximum Gasteiger partial charge on any atom is 0.331 e. The van der Waals surface area contributed by atoms with Gasteiger partial charge in [0.1, 0.15) is 0 Å². The minimum atomic E-state index is -0.359. The van der Waals surface area contributed by atoms with Crippen molar-refractivity contribution >= 4 is 5.97 Å². The van der Waals surface area contributed by atoms with E-state index in [-0.39, 0.29) is 12.2 Å². The van der Waals surface area contributed by atoms with Crippen LogP contribution in [0.2, 0.25) is 0 Å². The lowest BCUT2D eigenvalue weighted by Crippen LogP contribution is -2.32. The molecule has 0 saturated carbocycles. The van der Waals surface area contributed by atoms with E-state index in [1.54, 1.807) is 0 Å².